The molecule has 0 aromatic heterocycles. The van der Waals surface area contributed by atoms with Gasteiger partial charge in [-0.1, -0.05) is 0 Å². The number of ether oxygens (including phenoxy) is 2. The van der Waals surface area contributed by atoms with Crippen LogP contribution in [0.2, 0.25) is 0 Å². The molecular weight excluding hydrogens is 232 g/mol. The van der Waals surface area contributed by atoms with Gasteiger partial charge in [-0.25, -0.2) is 0 Å². The van der Waals surface area contributed by atoms with E-state index in [-0.39, 0.29) is 11.8 Å². The summed E-state index contributed by atoms with van der Waals surface area (Å²) >= 11 is 0. The van der Waals surface area contributed by atoms with Crippen molar-refractivity contribution < 1.29 is 14.3 Å². The van der Waals surface area contributed by atoms with Crippen molar-refractivity contribution >= 4 is 11.6 Å². The molecule has 0 aliphatic carbocycles. The summed E-state index contributed by atoms with van der Waals surface area (Å²) in [5.74, 6) is 1.41. The lowest BCUT2D eigenvalue weighted by Gasteiger charge is -2.26. The molecule has 18 heavy (non-hydrogen) atoms. The van der Waals surface area contributed by atoms with E-state index in [2.05, 4.69) is 10.6 Å². The van der Waals surface area contributed by atoms with Crippen LogP contribution in [0.3, 0.4) is 0 Å². The van der Waals surface area contributed by atoms with Gasteiger partial charge in [-0.15, -0.1) is 0 Å². The van der Waals surface area contributed by atoms with Crippen molar-refractivity contribution in [3.63, 3.8) is 0 Å². The van der Waals surface area contributed by atoms with E-state index in [1.54, 1.807) is 20.3 Å². The summed E-state index contributed by atoms with van der Waals surface area (Å²) in [5, 5.41) is 6.00. The number of methoxy groups -OCH3 is 2. The van der Waals surface area contributed by atoms with Crippen LogP contribution in [-0.2, 0) is 4.79 Å². The Morgan fingerprint density at radius 2 is 2.06 bits per heavy atom. The van der Waals surface area contributed by atoms with Crippen molar-refractivity contribution in [2.24, 2.45) is 5.92 Å². The first kappa shape index (κ1) is 12.7. The van der Waals surface area contributed by atoms with E-state index in [0.717, 1.165) is 24.3 Å². The van der Waals surface area contributed by atoms with Crippen LogP contribution in [0.4, 0.5) is 5.69 Å². The number of carbonyl (C=O) groups excluding carboxylic acids is 1. The van der Waals surface area contributed by atoms with Crippen LogP contribution < -0.4 is 20.1 Å². The summed E-state index contributed by atoms with van der Waals surface area (Å²) in [6.45, 7) is 3.40. The van der Waals surface area contributed by atoms with Crippen molar-refractivity contribution in [1.29, 1.82) is 0 Å². The Bertz CT molecular complexity index is 456. The molecule has 1 aromatic rings. The zero-order valence-corrected chi connectivity index (χ0v) is 10.9. The normalized spacial score (nSPS) is 14.8. The SMILES string of the molecule is COc1cc(C)c(NC(=O)C2CNC2)c(OC)c1. The molecule has 1 amide bonds. The lowest BCUT2D eigenvalue weighted by molar-refractivity contribution is -0.121. The zero-order chi connectivity index (χ0) is 13.1. The maximum absolute atomic E-state index is 11.9. The summed E-state index contributed by atoms with van der Waals surface area (Å²) in [6.07, 6.45) is 0. The van der Waals surface area contributed by atoms with Gasteiger partial charge in [-0.2, -0.15) is 0 Å². The Kier molecular flexibility index (Phi) is 3.72. The van der Waals surface area contributed by atoms with E-state index in [0.29, 0.717) is 11.5 Å². The summed E-state index contributed by atoms with van der Waals surface area (Å²) < 4.78 is 10.5. The third-order valence-electron chi connectivity index (χ3n) is 3.13. The van der Waals surface area contributed by atoms with Crippen LogP contribution in [0, 0.1) is 12.8 Å². The van der Waals surface area contributed by atoms with Crippen LogP contribution >= 0.6 is 0 Å². The van der Waals surface area contributed by atoms with Gasteiger partial charge in [0.1, 0.15) is 11.5 Å². The molecule has 2 rings (SSSR count). The molecule has 1 saturated heterocycles. The molecule has 98 valence electrons. The average molecular weight is 250 g/mol. The molecule has 1 aromatic carbocycles. The first-order chi connectivity index (χ1) is 8.65. The quantitative estimate of drug-likeness (QED) is 0.842. The topological polar surface area (TPSA) is 59.6 Å². The van der Waals surface area contributed by atoms with E-state index in [1.807, 2.05) is 13.0 Å². The fourth-order valence-electron chi connectivity index (χ4n) is 1.86. The number of carbonyl (C=O) groups is 1. The molecule has 0 spiro atoms. The van der Waals surface area contributed by atoms with Gasteiger partial charge in [0.05, 0.1) is 25.8 Å². The first-order valence-corrected chi connectivity index (χ1v) is 5.90. The Balaban J connectivity index is 2.22. The number of rotatable bonds is 4. The van der Waals surface area contributed by atoms with Gasteiger partial charge in [0.2, 0.25) is 5.91 Å². The molecule has 0 saturated carbocycles. The molecule has 1 heterocycles. The highest BCUT2D eigenvalue weighted by Crippen LogP contribution is 2.33. The average Bonchev–Trinajstić information content (AvgIpc) is 2.29. The van der Waals surface area contributed by atoms with Crippen LogP contribution in [0.25, 0.3) is 0 Å². The number of hydrogen-bond acceptors (Lipinski definition) is 4. The largest absolute Gasteiger partial charge is 0.497 e. The van der Waals surface area contributed by atoms with Crippen LogP contribution in [0.5, 0.6) is 11.5 Å². The van der Waals surface area contributed by atoms with Crippen LogP contribution in [0.15, 0.2) is 12.1 Å². The second kappa shape index (κ2) is 5.27. The maximum atomic E-state index is 11.9. The first-order valence-electron chi connectivity index (χ1n) is 5.90. The third-order valence-corrected chi connectivity index (χ3v) is 3.13. The summed E-state index contributed by atoms with van der Waals surface area (Å²) in [7, 11) is 3.18. The van der Waals surface area contributed by atoms with E-state index >= 15 is 0 Å². The van der Waals surface area contributed by atoms with Gasteiger partial charge >= 0.3 is 0 Å². The van der Waals surface area contributed by atoms with Gasteiger partial charge in [-0.05, 0) is 18.6 Å². The minimum absolute atomic E-state index is 0.0281. The van der Waals surface area contributed by atoms with Gasteiger partial charge in [-0.3, -0.25) is 4.79 Å². The zero-order valence-electron chi connectivity index (χ0n) is 10.9. The van der Waals surface area contributed by atoms with Gasteiger partial charge in [0.15, 0.2) is 0 Å². The minimum Gasteiger partial charge on any atom is -0.497 e. The van der Waals surface area contributed by atoms with Crippen molar-refractivity contribution in [2.75, 3.05) is 32.6 Å². The van der Waals surface area contributed by atoms with E-state index in [1.165, 1.54) is 0 Å². The summed E-state index contributed by atoms with van der Waals surface area (Å²) in [4.78, 5) is 11.9. The Morgan fingerprint density at radius 1 is 1.33 bits per heavy atom. The Labute approximate surface area is 106 Å². The van der Waals surface area contributed by atoms with Crippen molar-refractivity contribution in [3.8, 4) is 11.5 Å². The second-order valence-corrected chi connectivity index (χ2v) is 4.37. The molecule has 2 N–H and O–H groups in total. The summed E-state index contributed by atoms with van der Waals surface area (Å²) in [5.41, 5.74) is 1.64. The highest BCUT2D eigenvalue weighted by molar-refractivity contribution is 5.95. The minimum atomic E-state index is 0.0281. The summed E-state index contributed by atoms with van der Waals surface area (Å²) in [6, 6.07) is 3.64. The number of hydrogen-bond donors (Lipinski definition) is 2. The number of benzene rings is 1. The molecular formula is C13H18N2O3. The number of amides is 1. The predicted octanol–water partition coefficient (Wildman–Crippen LogP) is 1.17. The molecule has 5 heteroatoms. The predicted molar refractivity (Wildman–Crippen MR) is 69.3 cm³/mol. The van der Waals surface area contributed by atoms with E-state index in [9.17, 15) is 4.79 Å². The maximum Gasteiger partial charge on any atom is 0.230 e. The smallest absolute Gasteiger partial charge is 0.230 e. The number of anilines is 1. The van der Waals surface area contributed by atoms with Gasteiger partial charge in [0, 0.05) is 19.2 Å². The van der Waals surface area contributed by atoms with E-state index in [4.69, 9.17) is 9.47 Å². The van der Waals surface area contributed by atoms with Crippen molar-refractivity contribution in [1.82, 2.24) is 5.32 Å². The number of nitrogens with one attached hydrogen (secondary N) is 2. The molecule has 0 atom stereocenters. The second-order valence-electron chi connectivity index (χ2n) is 4.37. The molecule has 1 aliphatic rings. The molecule has 1 aliphatic heterocycles. The molecule has 5 nitrogen and oxygen atoms in total. The number of aryl methyl sites for hydroxylation is 1. The molecule has 1 fully saturated rings. The fraction of sp³-hybridized carbons (Fsp3) is 0.462. The van der Waals surface area contributed by atoms with Crippen molar-refractivity contribution in [2.45, 2.75) is 6.92 Å². The van der Waals surface area contributed by atoms with Crippen LogP contribution in [-0.4, -0.2) is 33.2 Å². The Hall–Kier alpha value is -1.75. The third kappa shape index (κ3) is 2.41. The van der Waals surface area contributed by atoms with Crippen molar-refractivity contribution in [3.05, 3.63) is 17.7 Å². The fourth-order valence-corrected chi connectivity index (χ4v) is 1.86. The highest BCUT2D eigenvalue weighted by atomic mass is 16.5. The molecule has 0 radical (unpaired) electrons. The Morgan fingerprint density at radius 3 is 2.56 bits per heavy atom. The van der Waals surface area contributed by atoms with E-state index < -0.39 is 0 Å². The van der Waals surface area contributed by atoms with Crippen LogP contribution in [0.1, 0.15) is 5.56 Å². The highest BCUT2D eigenvalue weighted by Gasteiger charge is 2.26. The van der Waals surface area contributed by atoms with Gasteiger partial charge in [0.25, 0.3) is 0 Å². The lowest BCUT2D eigenvalue weighted by Crippen LogP contribution is -2.48. The van der Waals surface area contributed by atoms with Gasteiger partial charge < -0.3 is 20.1 Å². The molecule has 0 unspecified atom stereocenters. The lowest BCUT2D eigenvalue weighted by atomic mass is 10.0. The standard InChI is InChI=1S/C13H18N2O3/c1-8-4-10(17-2)5-11(18-3)12(8)15-13(16)9-6-14-7-9/h4-5,9,14H,6-7H2,1-3H3,(H,15,16). The monoisotopic (exact) mass is 250 g/mol. The molecule has 0 bridgehead atoms.